The Morgan fingerprint density at radius 1 is 1.27 bits per heavy atom. The van der Waals surface area contributed by atoms with E-state index in [4.69, 9.17) is 0 Å². The van der Waals surface area contributed by atoms with E-state index < -0.39 is 29.0 Å². The number of ketones is 2. The highest BCUT2D eigenvalue weighted by atomic mass is 16.4. The molecule has 0 aromatic carbocycles. The SMILES string of the molecule is CC(=O)[C@@]1(O)C(O)CC2C3CCC4=CC(=O)C=C[C@]4(C)C3[C@@H](O)C[C@@]21C. The highest BCUT2D eigenvalue weighted by molar-refractivity contribution is 6.01. The number of aliphatic hydroxyl groups excluding tert-OH is 2. The molecule has 26 heavy (non-hydrogen) atoms. The molecule has 4 unspecified atom stereocenters. The van der Waals surface area contributed by atoms with E-state index in [9.17, 15) is 24.9 Å². The zero-order valence-corrected chi connectivity index (χ0v) is 15.6. The molecule has 0 aromatic rings. The molecule has 4 rings (SSSR count). The Morgan fingerprint density at radius 3 is 2.62 bits per heavy atom. The molecule has 0 aromatic heterocycles. The van der Waals surface area contributed by atoms with E-state index in [1.165, 1.54) is 6.92 Å². The Kier molecular flexibility index (Phi) is 3.73. The molecule has 5 nitrogen and oxygen atoms in total. The number of fused-ring (bicyclic) bond motifs is 5. The summed E-state index contributed by atoms with van der Waals surface area (Å²) in [7, 11) is 0. The first-order valence-electron chi connectivity index (χ1n) is 9.59. The van der Waals surface area contributed by atoms with Crippen molar-refractivity contribution in [2.24, 2.45) is 28.6 Å². The standard InChI is InChI=1S/C21H28O5/c1-11(22)21(26)17(25)9-15-14-5-4-12-8-13(23)6-7-19(12,2)18(14)16(24)10-20(15,21)3/h6-8,14-18,24-26H,4-5,9-10H2,1-3H3/t14?,15?,16-,17?,18?,19-,20-,21+/m0/s1. The van der Waals surface area contributed by atoms with Gasteiger partial charge in [-0.25, -0.2) is 0 Å². The summed E-state index contributed by atoms with van der Waals surface area (Å²) < 4.78 is 0. The highest BCUT2D eigenvalue weighted by Gasteiger charge is 2.70. The van der Waals surface area contributed by atoms with E-state index in [1.54, 1.807) is 12.2 Å². The fourth-order valence-corrected chi connectivity index (χ4v) is 6.97. The Hall–Kier alpha value is -1.30. The van der Waals surface area contributed by atoms with Crippen molar-refractivity contribution in [1.82, 2.24) is 0 Å². The lowest BCUT2D eigenvalue weighted by molar-refractivity contribution is -0.186. The van der Waals surface area contributed by atoms with Gasteiger partial charge in [-0.3, -0.25) is 9.59 Å². The molecule has 0 aliphatic heterocycles. The normalized spacial score (nSPS) is 52.8. The predicted octanol–water partition coefficient (Wildman–Crippen LogP) is 1.56. The minimum atomic E-state index is -1.81. The Morgan fingerprint density at radius 2 is 1.96 bits per heavy atom. The quantitative estimate of drug-likeness (QED) is 0.660. The van der Waals surface area contributed by atoms with Gasteiger partial charge in [-0.1, -0.05) is 25.5 Å². The predicted molar refractivity (Wildman–Crippen MR) is 95.0 cm³/mol. The molecule has 0 heterocycles. The maximum Gasteiger partial charge on any atom is 0.178 e. The average Bonchev–Trinajstić information content (AvgIpc) is 2.76. The van der Waals surface area contributed by atoms with Crippen LogP contribution in [-0.4, -0.2) is 44.7 Å². The van der Waals surface area contributed by atoms with Gasteiger partial charge in [0.05, 0.1) is 12.2 Å². The largest absolute Gasteiger partial charge is 0.393 e. The van der Waals surface area contributed by atoms with Gasteiger partial charge in [0.2, 0.25) is 0 Å². The van der Waals surface area contributed by atoms with Gasteiger partial charge < -0.3 is 15.3 Å². The summed E-state index contributed by atoms with van der Waals surface area (Å²) in [6.07, 6.45) is 5.61. The topological polar surface area (TPSA) is 94.8 Å². The van der Waals surface area contributed by atoms with Crippen molar-refractivity contribution in [3.8, 4) is 0 Å². The number of Topliss-reactive ketones (excluding diaryl/α,β-unsaturated/α-hetero) is 1. The molecule has 0 amide bonds. The number of aliphatic hydroxyl groups is 3. The lowest BCUT2D eigenvalue weighted by Crippen LogP contribution is -2.62. The molecule has 4 aliphatic carbocycles. The van der Waals surface area contributed by atoms with Gasteiger partial charge in [-0.05, 0) is 56.6 Å². The van der Waals surface area contributed by atoms with Crippen molar-refractivity contribution >= 4 is 11.6 Å². The maximum atomic E-state index is 12.3. The molecule has 0 radical (unpaired) electrons. The van der Waals surface area contributed by atoms with Crippen LogP contribution in [0.4, 0.5) is 0 Å². The molecular weight excluding hydrogens is 332 g/mol. The number of hydrogen-bond donors (Lipinski definition) is 3. The Bertz CT molecular complexity index is 739. The monoisotopic (exact) mass is 360 g/mol. The first kappa shape index (κ1) is 18.1. The van der Waals surface area contributed by atoms with E-state index in [2.05, 4.69) is 6.92 Å². The number of carbonyl (C=O) groups is 2. The van der Waals surface area contributed by atoms with Gasteiger partial charge in [0.1, 0.15) is 0 Å². The van der Waals surface area contributed by atoms with Crippen molar-refractivity contribution < 1.29 is 24.9 Å². The van der Waals surface area contributed by atoms with E-state index in [0.29, 0.717) is 6.42 Å². The highest BCUT2D eigenvalue weighted by Crippen LogP contribution is 2.67. The van der Waals surface area contributed by atoms with Crippen LogP contribution in [0.2, 0.25) is 0 Å². The van der Waals surface area contributed by atoms with E-state index >= 15 is 0 Å². The summed E-state index contributed by atoms with van der Waals surface area (Å²) in [5.74, 6) is -0.456. The van der Waals surface area contributed by atoms with Crippen molar-refractivity contribution in [1.29, 1.82) is 0 Å². The van der Waals surface area contributed by atoms with Crippen molar-refractivity contribution in [3.05, 3.63) is 23.8 Å². The second-order valence-electron chi connectivity index (χ2n) is 9.29. The van der Waals surface area contributed by atoms with Crippen LogP contribution in [0.25, 0.3) is 0 Å². The van der Waals surface area contributed by atoms with Gasteiger partial charge in [-0.15, -0.1) is 0 Å². The second kappa shape index (κ2) is 5.37. The third-order valence-electron chi connectivity index (χ3n) is 8.25. The zero-order chi connectivity index (χ0) is 19.1. The zero-order valence-electron chi connectivity index (χ0n) is 15.6. The number of hydrogen-bond acceptors (Lipinski definition) is 5. The van der Waals surface area contributed by atoms with Crippen LogP contribution in [0, 0.1) is 28.6 Å². The molecule has 8 atom stereocenters. The third-order valence-corrected chi connectivity index (χ3v) is 8.25. The van der Waals surface area contributed by atoms with E-state index in [-0.39, 0.29) is 35.4 Å². The van der Waals surface area contributed by atoms with Crippen molar-refractivity contribution in [2.75, 3.05) is 0 Å². The molecule has 0 spiro atoms. The van der Waals surface area contributed by atoms with Gasteiger partial charge >= 0.3 is 0 Å². The summed E-state index contributed by atoms with van der Waals surface area (Å²) in [4.78, 5) is 24.1. The summed E-state index contributed by atoms with van der Waals surface area (Å²) >= 11 is 0. The van der Waals surface area contributed by atoms with Crippen molar-refractivity contribution in [2.45, 2.75) is 64.3 Å². The second-order valence-corrected chi connectivity index (χ2v) is 9.29. The van der Waals surface area contributed by atoms with Crippen molar-refractivity contribution in [3.63, 3.8) is 0 Å². The average molecular weight is 360 g/mol. The number of rotatable bonds is 1. The maximum absolute atomic E-state index is 12.3. The van der Waals surface area contributed by atoms with E-state index in [1.807, 2.05) is 13.0 Å². The summed E-state index contributed by atoms with van der Waals surface area (Å²) in [5, 5.41) is 32.9. The molecule has 3 saturated carbocycles. The van der Waals surface area contributed by atoms with Gasteiger partial charge in [0, 0.05) is 16.7 Å². The summed E-state index contributed by atoms with van der Waals surface area (Å²) in [6.45, 7) is 5.25. The smallest absolute Gasteiger partial charge is 0.178 e. The Balaban J connectivity index is 1.79. The van der Waals surface area contributed by atoms with Crippen LogP contribution < -0.4 is 0 Å². The molecule has 5 heteroatoms. The molecule has 142 valence electrons. The summed E-state index contributed by atoms with van der Waals surface area (Å²) in [5.41, 5.74) is -1.97. The third kappa shape index (κ3) is 1.97. The fraction of sp³-hybridized carbons (Fsp3) is 0.714. The minimum Gasteiger partial charge on any atom is -0.393 e. The van der Waals surface area contributed by atoms with Crippen LogP contribution in [0.3, 0.4) is 0 Å². The summed E-state index contributed by atoms with van der Waals surface area (Å²) in [6, 6.07) is 0. The minimum absolute atomic E-state index is 0.00620. The molecule has 3 N–H and O–H groups in total. The molecule has 3 fully saturated rings. The van der Waals surface area contributed by atoms with Gasteiger partial charge in [0.15, 0.2) is 17.2 Å². The number of allylic oxidation sites excluding steroid dienone is 4. The van der Waals surface area contributed by atoms with Gasteiger partial charge in [-0.2, -0.15) is 0 Å². The Labute approximate surface area is 153 Å². The van der Waals surface area contributed by atoms with Crippen LogP contribution in [0.15, 0.2) is 23.8 Å². The molecule has 0 saturated heterocycles. The number of carbonyl (C=O) groups excluding carboxylic acids is 2. The van der Waals surface area contributed by atoms with Crippen LogP contribution in [0.1, 0.15) is 46.5 Å². The lowest BCUT2D eigenvalue weighted by atomic mass is 9.46. The first-order valence-corrected chi connectivity index (χ1v) is 9.59. The van der Waals surface area contributed by atoms with Crippen LogP contribution in [0.5, 0.6) is 0 Å². The lowest BCUT2D eigenvalue weighted by Gasteiger charge is -2.59. The first-order chi connectivity index (χ1) is 12.1. The molecule has 0 bridgehead atoms. The molecular formula is C21H28O5. The van der Waals surface area contributed by atoms with Crippen LogP contribution >= 0.6 is 0 Å². The fourth-order valence-electron chi connectivity index (χ4n) is 6.97. The van der Waals surface area contributed by atoms with E-state index in [0.717, 1.165) is 18.4 Å². The van der Waals surface area contributed by atoms with Crippen LogP contribution in [-0.2, 0) is 9.59 Å². The molecule has 4 aliphatic rings. The van der Waals surface area contributed by atoms with Gasteiger partial charge in [0.25, 0.3) is 0 Å².